The topological polar surface area (TPSA) is 64.2 Å². The molecule has 1 aromatic heterocycles. The van der Waals surface area contributed by atoms with E-state index in [4.69, 9.17) is 5.73 Å². The quantitative estimate of drug-likeness (QED) is 0.781. The second-order valence-electron chi connectivity index (χ2n) is 4.45. The van der Waals surface area contributed by atoms with Gasteiger partial charge in [-0.3, -0.25) is 9.48 Å². The van der Waals surface area contributed by atoms with Gasteiger partial charge < -0.3 is 10.6 Å². The maximum Gasteiger partial charge on any atom is 0.228 e. The van der Waals surface area contributed by atoms with Gasteiger partial charge in [-0.2, -0.15) is 5.10 Å². The van der Waals surface area contributed by atoms with Crippen LogP contribution in [0.1, 0.15) is 6.42 Å². The van der Waals surface area contributed by atoms with Gasteiger partial charge in [0.25, 0.3) is 0 Å². The molecule has 0 spiro atoms. The highest BCUT2D eigenvalue weighted by molar-refractivity contribution is 6.03. The van der Waals surface area contributed by atoms with Gasteiger partial charge in [-0.15, -0.1) is 0 Å². The van der Waals surface area contributed by atoms with Gasteiger partial charge in [0.2, 0.25) is 5.91 Å². The first-order chi connectivity index (χ1) is 8.16. The van der Waals surface area contributed by atoms with Crippen LogP contribution in [0.25, 0.3) is 10.9 Å². The molecule has 0 radical (unpaired) electrons. The van der Waals surface area contributed by atoms with E-state index in [2.05, 4.69) is 5.10 Å². The minimum atomic E-state index is -0.0639. The summed E-state index contributed by atoms with van der Waals surface area (Å²) < 4.78 is 1.79. The van der Waals surface area contributed by atoms with Gasteiger partial charge in [-0.1, -0.05) is 12.1 Å². The Morgan fingerprint density at radius 1 is 1.47 bits per heavy atom. The molecule has 1 atom stereocenters. The van der Waals surface area contributed by atoms with Gasteiger partial charge in [0.05, 0.1) is 17.4 Å². The molecule has 0 bridgehead atoms. The number of amides is 1. The Bertz CT molecular complexity index is 589. The Hall–Kier alpha value is -1.88. The van der Waals surface area contributed by atoms with Gasteiger partial charge in [-0.05, 0) is 6.07 Å². The van der Waals surface area contributed by atoms with Crippen LogP contribution in [0.3, 0.4) is 0 Å². The number of hydrogen-bond donors (Lipinski definition) is 1. The number of aromatic nitrogens is 2. The summed E-state index contributed by atoms with van der Waals surface area (Å²) in [6.45, 7) is 0.586. The molecule has 88 valence electrons. The van der Waals surface area contributed by atoms with E-state index >= 15 is 0 Å². The van der Waals surface area contributed by atoms with Crippen LogP contribution < -0.4 is 10.6 Å². The van der Waals surface area contributed by atoms with Crippen molar-refractivity contribution in [2.45, 2.75) is 12.5 Å². The van der Waals surface area contributed by atoms with E-state index in [1.165, 1.54) is 0 Å². The normalized spacial score (nSPS) is 20.5. The summed E-state index contributed by atoms with van der Waals surface area (Å²) in [5.74, 6) is 0.0891. The van der Waals surface area contributed by atoms with Crippen molar-refractivity contribution in [1.82, 2.24) is 9.78 Å². The standard InChI is InChI=1S/C12H14N4O/c1-15-12-8(6-14-15)3-2-4-10(12)16-7-9(13)5-11(16)17/h2-4,6,9H,5,7,13H2,1H3. The number of rotatable bonds is 1. The van der Waals surface area contributed by atoms with E-state index < -0.39 is 0 Å². The van der Waals surface area contributed by atoms with Gasteiger partial charge in [-0.25, -0.2) is 0 Å². The molecule has 1 amide bonds. The molecule has 2 N–H and O–H groups in total. The molecule has 3 rings (SSSR count). The molecule has 1 aromatic carbocycles. The van der Waals surface area contributed by atoms with E-state index in [0.29, 0.717) is 13.0 Å². The van der Waals surface area contributed by atoms with E-state index in [9.17, 15) is 4.79 Å². The molecule has 1 unspecified atom stereocenters. The van der Waals surface area contributed by atoms with Gasteiger partial charge >= 0.3 is 0 Å². The molecule has 1 aliphatic heterocycles. The predicted molar refractivity (Wildman–Crippen MR) is 65.7 cm³/mol. The number of anilines is 1. The lowest BCUT2D eigenvalue weighted by molar-refractivity contribution is -0.117. The van der Waals surface area contributed by atoms with Gasteiger partial charge in [0, 0.05) is 31.4 Å². The van der Waals surface area contributed by atoms with Crippen LogP contribution in [0, 0.1) is 0 Å². The minimum Gasteiger partial charge on any atom is -0.326 e. The molecule has 2 heterocycles. The molecule has 1 fully saturated rings. The highest BCUT2D eigenvalue weighted by Crippen LogP contribution is 2.29. The number of hydrogen-bond acceptors (Lipinski definition) is 3. The Kier molecular flexibility index (Phi) is 2.16. The van der Waals surface area contributed by atoms with Crippen molar-refractivity contribution >= 4 is 22.5 Å². The summed E-state index contributed by atoms with van der Waals surface area (Å²) >= 11 is 0. The lowest BCUT2D eigenvalue weighted by Gasteiger charge is -2.17. The number of nitrogens with two attached hydrogens (primary N) is 1. The Morgan fingerprint density at radius 2 is 2.29 bits per heavy atom. The lowest BCUT2D eigenvalue weighted by atomic mass is 10.2. The Labute approximate surface area is 98.8 Å². The fourth-order valence-electron chi connectivity index (χ4n) is 2.40. The molecule has 0 saturated carbocycles. The first-order valence-electron chi connectivity index (χ1n) is 5.63. The third-order valence-electron chi connectivity index (χ3n) is 3.19. The molecular weight excluding hydrogens is 216 g/mol. The van der Waals surface area contributed by atoms with Crippen molar-refractivity contribution < 1.29 is 4.79 Å². The van der Waals surface area contributed by atoms with E-state index in [0.717, 1.165) is 16.6 Å². The van der Waals surface area contributed by atoms with Crippen LogP contribution >= 0.6 is 0 Å². The number of fused-ring (bicyclic) bond motifs is 1. The maximum atomic E-state index is 11.9. The van der Waals surface area contributed by atoms with E-state index in [1.807, 2.05) is 25.2 Å². The van der Waals surface area contributed by atoms with Gasteiger partial charge in [0.1, 0.15) is 0 Å². The van der Waals surface area contributed by atoms with Gasteiger partial charge in [0.15, 0.2) is 0 Å². The molecular formula is C12H14N4O. The monoisotopic (exact) mass is 230 g/mol. The first-order valence-corrected chi connectivity index (χ1v) is 5.63. The zero-order chi connectivity index (χ0) is 12.0. The number of nitrogens with zero attached hydrogens (tertiary/aromatic N) is 3. The number of benzene rings is 1. The largest absolute Gasteiger partial charge is 0.326 e. The van der Waals surface area contributed by atoms with Crippen LogP contribution in [0.15, 0.2) is 24.4 Å². The Balaban J connectivity index is 2.17. The van der Waals surface area contributed by atoms with Crippen LogP contribution in [-0.4, -0.2) is 28.3 Å². The summed E-state index contributed by atoms with van der Waals surface area (Å²) in [5.41, 5.74) is 7.71. The van der Waals surface area contributed by atoms with Crippen molar-refractivity contribution in [3.05, 3.63) is 24.4 Å². The molecule has 2 aromatic rings. The molecule has 1 aliphatic rings. The summed E-state index contributed by atoms with van der Waals surface area (Å²) in [6.07, 6.45) is 2.23. The smallest absolute Gasteiger partial charge is 0.228 e. The Morgan fingerprint density at radius 3 is 3.00 bits per heavy atom. The van der Waals surface area contributed by atoms with Crippen molar-refractivity contribution in [2.24, 2.45) is 12.8 Å². The number of aryl methyl sites for hydroxylation is 1. The molecule has 17 heavy (non-hydrogen) atoms. The average Bonchev–Trinajstić information content (AvgIpc) is 2.83. The predicted octanol–water partition coefficient (Wildman–Crippen LogP) is 0.637. The lowest BCUT2D eigenvalue weighted by Crippen LogP contribution is -2.28. The molecule has 5 nitrogen and oxygen atoms in total. The fourth-order valence-corrected chi connectivity index (χ4v) is 2.40. The maximum absolute atomic E-state index is 11.9. The van der Waals surface area contributed by atoms with E-state index in [1.54, 1.807) is 15.8 Å². The highest BCUT2D eigenvalue weighted by atomic mass is 16.2. The third kappa shape index (κ3) is 1.51. The van der Waals surface area contributed by atoms with Crippen molar-refractivity contribution in [3.8, 4) is 0 Å². The van der Waals surface area contributed by atoms with Crippen LogP contribution in [-0.2, 0) is 11.8 Å². The summed E-state index contributed by atoms with van der Waals surface area (Å²) in [4.78, 5) is 13.6. The second kappa shape index (κ2) is 3.56. The van der Waals surface area contributed by atoms with Crippen LogP contribution in [0.5, 0.6) is 0 Å². The van der Waals surface area contributed by atoms with E-state index in [-0.39, 0.29) is 11.9 Å². The van der Waals surface area contributed by atoms with Crippen LogP contribution in [0.4, 0.5) is 5.69 Å². The molecule has 5 heteroatoms. The average molecular weight is 230 g/mol. The van der Waals surface area contributed by atoms with Crippen molar-refractivity contribution in [3.63, 3.8) is 0 Å². The molecule has 1 saturated heterocycles. The van der Waals surface area contributed by atoms with Crippen LogP contribution in [0.2, 0.25) is 0 Å². The summed E-state index contributed by atoms with van der Waals surface area (Å²) in [6, 6.07) is 5.81. The zero-order valence-corrected chi connectivity index (χ0v) is 9.63. The van der Waals surface area contributed by atoms with Crippen molar-refractivity contribution in [1.29, 1.82) is 0 Å². The SMILES string of the molecule is Cn1ncc2cccc(N3CC(N)CC3=O)c21. The fraction of sp³-hybridized carbons (Fsp3) is 0.333. The summed E-state index contributed by atoms with van der Waals surface area (Å²) in [7, 11) is 1.88. The highest BCUT2D eigenvalue weighted by Gasteiger charge is 2.29. The first kappa shape index (κ1) is 10.3. The zero-order valence-electron chi connectivity index (χ0n) is 9.63. The molecule has 0 aliphatic carbocycles. The summed E-state index contributed by atoms with van der Waals surface area (Å²) in [5, 5.41) is 5.26. The van der Waals surface area contributed by atoms with Crippen molar-refractivity contribution in [2.75, 3.05) is 11.4 Å². The second-order valence-corrected chi connectivity index (χ2v) is 4.45. The number of para-hydroxylation sites is 1. The minimum absolute atomic E-state index is 0.0639. The third-order valence-corrected chi connectivity index (χ3v) is 3.19. The number of carbonyl (C=O) groups is 1. The number of carbonyl (C=O) groups excluding carboxylic acids is 1.